The molecule has 1 aliphatic rings. The van der Waals surface area contributed by atoms with Gasteiger partial charge in [-0.05, 0) is 32.4 Å². The molecule has 1 heterocycles. The van der Waals surface area contributed by atoms with Crippen molar-refractivity contribution in [2.24, 2.45) is 0 Å². The van der Waals surface area contributed by atoms with Crippen molar-refractivity contribution in [2.45, 2.75) is 39.2 Å². The van der Waals surface area contributed by atoms with Gasteiger partial charge in [-0.25, -0.2) is 0 Å². The van der Waals surface area contributed by atoms with Gasteiger partial charge in [0.15, 0.2) is 0 Å². The zero-order valence-electron chi connectivity index (χ0n) is 16.7. The molecule has 0 aliphatic carbocycles. The lowest BCUT2D eigenvalue weighted by Crippen LogP contribution is -2.25. The summed E-state index contributed by atoms with van der Waals surface area (Å²) in [4.78, 5) is 14.7. The van der Waals surface area contributed by atoms with Crippen molar-refractivity contribution in [3.8, 4) is 11.5 Å². The van der Waals surface area contributed by atoms with Gasteiger partial charge in [0.05, 0.1) is 13.5 Å². The van der Waals surface area contributed by atoms with Gasteiger partial charge in [-0.2, -0.15) is 0 Å². The van der Waals surface area contributed by atoms with E-state index >= 15 is 0 Å². The standard InChI is InChI=1S/C21H29NO4S/c1-13(2)22(5)15(4)20(27)12-25-16-7-8-17-18(10-21(23)24-6)14(3)11-26-19(17)9-16/h7-9,13,18,27H,3,10-12H2,1-2,4-6H3/b20-15-. The molecule has 2 rings (SSSR count). The Labute approximate surface area is 167 Å². The zero-order chi connectivity index (χ0) is 20.1. The Kier molecular flexibility index (Phi) is 7.25. The second-order valence-electron chi connectivity index (χ2n) is 7.00. The molecule has 1 unspecified atom stereocenters. The van der Waals surface area contributed by atoms with Crippen LogP contribution in [0, 0.1) is 0 Å². The van der Waals surface area contributed by atoms with Crippen LogP contribution in [0.1, 0.15) is 38.7 Å². The Morgan fingerprint density at radius 3 is 2.78 bits per heavy atom. The molecule has 5 nitrogen and oxygen atoms in total. The zero-order valence-corrected chi connectivity index (χ0v) is 17.6. The molecule has 1 aromatic carbocycles. The highest BCUT2D eigenvalue weighted by molar-refractivity contribution is 7.84. The lowest BCUT2D eigenvalue weighted by molar-refractivity contribution is -0.140. The summed E-state index contributed by atoms with van der Waals surface area (Å²) in [6, 6.07) is 6.06. The number of carbonyl (C=O) groups is 1. The Balaban J connectivity index is 2.13. The van der Waals surface area contributed by atoms with Gasteiger partial charge in [0.1, 0.15) is 24.7 Å². The molecule has 0 saturated heterocycles. The summed E-state index contributed by atoms with van der Waals surface area (Å²) in [6.45, 7) is 11.1. The number of hydrogen-bond acceptors (Lipinski definition) is 6. The number of benzene rings is 1. The van der Waals surface area contributed by atoms with Crippen LogP contribution in [0.4, 0.5) is 0 Å². The first-order chi connectivity index (χ1) is 12.7. The van der Waals surface area contributed by atoms with Gasteiger partial charge in [0, 0.05) is 41.2 Å². The normalized spacial score (nSPS) is 17.0. The van der Waals surface area contributed by atoms with E-state index in [1.807, 2.05) is 32.2 Å². The lowest BCUT2D eigenvalue weighted by atomic mass is 9.87. The highest BCUT2D eigenvalue weighted by atomic mass is 32.1. The quantitative estimate of drug-likeness (QED) is 0.430. The highest BCUT2D eigenvalue weighted by Gasteiger charge is 2.27. The molecule has 148 valence electrons. The molecule has 1 aliphatic heterocycles. The summed E-state index contributed by atoms with van der Waals surface area (Å²) in [7, 11) is 3.43. The molecule has 1 aromatic rings. The summed E-state index contributed by atoms with van der Waals surface area (Å²) >= 11 is 4.58. The van der Waals surface area contributed by atoms with Crippen molar-refractivity contribution >= 4 is 18.6 Å². The lowest BCUT2D eigenvalue weighted by Gasteiger charge is -2.28. The summed E-state index contributed by atoms with van der Waals surface area (Å²) in [5, 5.41) is 0. The van der Waals surface area contributed by atoms with Gasteiger partial charge in [0.2, 0.25) is 0 Å². The number of hydrogen-bond donors (Lipinski definition) is 1. The molecule has 0 amide bonds. The fraction of sp³-hybridized carbons (Fsp3) is 0.476. The van der Waals surface area contributed by atoms with E-state index in [1.165, 1.54) is 7.11 Å². The average Bonchev–Trinajstić information content (AvgIpc) is 2.66. The number of carbonyl (C=O) groups excluding carboxylic acids is 1. The maximum atomic E-state index is 11.7. The number of esters is 1. The monoisotopic (exact) mass is 391 g/mol. The molecule has 0 fully saturated rings. The van der Waals surface area contributed by atoms with Crippen molar-refractivity contribution in [3.05, 3.63) is 46.5 Å². The van der Waals surface area contributed by atoms with E-state index in [0.717, 1.165) is 27.5 Å². The molecule has 1 atom stereocenters. The van der Waals surface area contributed by atoms with E-state index in [1.54, 1.807) is 0 Å². The molecule has 0 spiro atoms. The van der Waals surface area contributed by atoms with Crippen molar-refractivity contribution in [2.75, 3.05) is 27.4 Å². The Morgan fingerprint density at radius 2 is 2.15 bits per heavy atom. The van der Waals surface area contributed by atoms with Gasteiger partial charge in [-0.3, -0.25) is 4.79 Å². The molecule has 27 heavy (non-hydrogen) atoms. The third-order valence-corrected chi connectivity index (χ3v) is 5.41. The summed E-state index contributed by atoms with van der Waals surface area (Å²) in [6.07, 6.45) is 0.260. The Bertz CT molecular complexity index is 742. The number of nitrogens with zero attached hydrogens (tertiary/aromatic N) is 1. The first-order valence-corrected chi connectivity index (χ1v) is 9.44. The minimum atomic E-state index is -0.260. The van der Waals surface area contributed by atoms with Crippen molar-refractivity contribution in [1.82, 2.24) is 4.90 Å². The minimum Gasteiger partial charge on any atom is -0.489 e. The molecule has 0 aromatic heterocycles. The first-order valence-electron chi connectivity index (χ1n) is 9.00. The van der Waals surface area contributed by atoms with Crippen LogP contribution in [0.15, 0.2) is 41.0 Å². The number of allylic oxidation sites excluding steroid dienone is 1. The number of fused-ring (bicyclic) bond motifs is 1. The predicted molar refractivity (Wildman–Crippen MR) is 111 cm³/mol. The van der Waals surface area contributed by atoms with Gasteiger partial charge in [-0.1, -0.05) is 12.6 Å². The van der Waals surface area contributed by atoms with Crippen LogP contribution >= 0.6 is 12.6 Å². The Morgan fingerprint density at radius 1 is 1.44 bits per heavy atom. The van der Waals surface area contributed by atoms with Crippen LogP contribution in [0.25, 0.3) is 0 Å². The van der Waals surface area contributed by atoms with Crippen LogP contribution in [-0.2, 0) is 9.53 Å². The SMILES string of the molecule is C=C1COc2cc(OC/C(S)=C(\C)N(C)C(C)C)ccc2C1CC(=O)OC. The van der Waals surface area contributed by atoms with Gasteiger partial charge >= 0.3 is 5.97 Å². The summed E-state index contributed by atoms with van der Waals surface area (Å²) in [5.74, 6) is 1.06. The maximum absolute atomic E-state index is 11.7. The van der Waals surface area contributed by atoms with Crippen molar-refractivity contribution < 1.29 is 19.0 Å². The third-order valence-electron chi connectivity index (χ3n) is 4.96. The van der Waals surface area contributed by atoms with Crippen LogP contribution < -0.4 is 9.47 Å². The Hall–Kier alpha value is -2.08. The highest BCUT2D eigenvalue weighted by Crippen LogP contribution is 2.40. The van der Waals surface area contributed by atoms with Crippen LogP contribution in [0.2, 0.25) is 0 Å². The van der Waals surface area contributed by atoms with E-state index in [0.29, 0.717) is 25.0 Å². The molecular formula is C21H29NO4S. The van der Waals surface area contributed by atoms with Crippen molar-refractivity contribution in [3.63, 3.8) is 0 Å². The number of methoxy groups -OCH3 is 1. The van der Waals surface area contributed by atoms with Gasteiger partial charge in [-0.15, -0.1) is 12.6 Å². The molecule has 0 N–H and O–H groups in total. The summed E-state index contributed by atoms with van der Waals surface area (Å²) in [5.41, 5.74) is 2.88. The first kappa shape index (κ1) is 21.2. The minimum absolute atomic E-state index is 0.0995. The van der Waals surface area contributed by atoms with E-state index in [2.05, 4.69) is 38.0 Å². The fourth-order valence-corrected chi connectivity index (χ4v) is 3.08. The van der Waals surface area contributed by atoms with Gasteiger partial charge < -0.3 is 19.1 Å². The average molecular weight is 392 g/mol. The smallest absolute Gasteiger partial charge is 0.306 e. The third kappa shape index (κ3) is 5.22. The predicted octanol–water partition coefficient (Wildman–Crippen LogP) is 4.16. The van der Waals surface area contributed by atoms with Gasteiger partial charge in [0.25, 0.3) is 0 Å². The van der Waals surface area contributed by atoms with Crippen LogP contribution in [0.3, 0.4) is 0 Å². The molecule has 0 saturated carbocycles. The van der Waals surface area contributed by atoms with Crippen LogP contribution in [0.5, 0.6) is 11.5 Å². The molecule has 0 radical (unpaired) electrons. The molecule has 0 bridgehead atoms. The second-order valence-corrected chi connectivity index (χ2v) is 7.54. The van der Waals surface area contributed by atoms with E-state index in [9.17, 15) is 4.79 Å². The van der Waals surface area contributed by atoms with E-state index < -0.39 is 0 Å². The summed E-state index contributed by atoms with van der Waals surface area (Å²) < 4.78 is 16.5. The molecular weight excluding hydrogens is 362 g/mol. The van der Waals surface area contributed by atoms with E-state index in [4.69, 9.17) is 14.2 Å². The fourth-order valence-electron chi connectivity index (χ4n) is 2.86. The van der Waals surface area contributed by atoms with Crippen molar-refractivity contribution in [1.29, 1.82) is 0 Å². The second kappa shape index (κ2) is 9.22. The maximum Gasteiger partial charge on any atom is 0.306 e. The van der Waals surface area contributed by atoms with Crippen LogP contribution in [-0.4, -0.2) is 44.3 Å². The number of rotatable bonds is 7. The number of thiol groups is 1. The molecule has 6 heteroatoms. The van der Waals surface area contributed by atoms with E-state index in [-0.39, 0.29) is 18.3 Å². The number of ether oxygens (including phenoxy) is 3. The largest absolute Gasteiger partial charge is 0.489 e. The topological polar surface area (TPSA) is 48.0 Å².